The van der Waals surface area contributed by atoms with Gasteiger partial charge in [0.05, 0.1) is 6.54 Å². The molecule has 2 saturated carbocycles. The van der Waals surface area contributed by atoms with Crippen LogP contribution >= 0.6 is 12.4 Å². The zero-order valence-corrected chi connectivity index (χ0v) is 12.4. The molecular formula is C14H26ClN3O. The fourth-order valence-corrected chi connectivity index (χ4v) is 3.03. The number of rotatable bonds is 5. The number of nitrogens with one attached hydrogen (secondary N) is 2. The molecule has 110 valence electrons. The Kier molecular flexibility index (Phi) is 5.48. The van der Waals surface area contributed by atoms with Gasteiger partial charge in [-0.05, 0) is 57.0 Å². The third-order valence-corrected chi connectivity index (χ3v) is 4.39. The zero-order valence-electron chi connectivity index (χ0n) is 11.6. The molecule has 4 nitrogen and oxygen atoms in total. The van der Waals surface area contributed by atoms with Crippen LogP contribution in [0.1, 0.15) is 32.1 Å². The predicted molar refractivity (Wildman–Crippen MR) is 78.6 cm³/mol. The van der Waals surface area contributed by atoms with Crippen molar-refractivity contribution in [3.8, 4) is 0 Å². The Morgan fingerprint density at radius 3 is 2.47 bits per heavy atom. The van der Waals surface area contributed by atoms with E-state index < -0.39 is 0 Å². The summed E-state index contributed by atoms with van der Waals surface area (Å²) in [4.78, 5) is 14.4. The smallest absolute Gasteiger partial charge is 0.234 e. The van der Waals surface area contributed by atoms with Crippen molar-refractivity contribution in [3.05, 3.63) is 0 Å². The van der Waals surface area contributed by atoms with Crippen LogP contribution in [0, 0.1) is 11.8 Å². The van der Waals surface area contributed by atoms with E-state index in [1.807, 2.05) is 0 Å². The first kappa shape index (κ1) is 15.1. The topological polar surface area (TPSA) is 44.4 Å². The average molecular weight is 288 g/mol. The van der Waals surface area contributed by atoms with E-state index in [9.17, 15) is 4.79 Å². The Hall–Kier alpha value is -0.320. The number of carbonyl (C=O) groups is 1. The Bertz CT molecular complexity index is 285. The summed E-state index contributed by atoms with van der Waals surface area (Å²) in [6.07, 6.45) is 6.47. The number of nitrogens with zero attached hydrogens (tertiary/aromatic N) is 1. The second kappa shape index (κ2) is 6.91. The van der Waals surface area contributed by atoms with Crippen molar-refractivity contribution in [2.75, 3.05) is 32.7 Å². The molecule has 2 aliphatic carbocycles. The summed E-state index contributed by atoms with van der Waals surface area (Å²) in [5.41, 5.74) is 0. The van der Waals surface area contributed by atoms with Crippen molar-refractivity contribution in [1.82, 2.24) is 15.5 Å². The minimum absolute atomic E-state index is 0. The molecule has 1 heterocycles. The molecule has 3 aliphatic rings. The molecule has 0 unspecified atom stereocenters. The molecule has 0 radical (unpaired) electrons. The van der Waals surface area contributed by atoms with Gasteiger partial charge in [-0.15, -0.1) is 12.4 Å². The van der Waals surface area contributed by atoms with E-state index >= 15 is 0 Å². The summed E-state index contributed by atoms with van der Waals surface area (Å²) in [5.74, 6) is 1.85. The molecule has 0 aromatic heterocycles. The SMILES string of the molecule is Cl.O=C(CN1CCCNCC1)NC(C1CC1)C1CC1. The molecule has 1 aliphatic heterocycles. The summed E-state index contributed by atoms with van der Waals surface area (Å²) >= 11 is 0. The van der Waals surface area contributed by atoms with Gasteiger partial charge >= 0.3 is 0 Å². The lowest BCUT2D eigenvalue weighted by molar-refractivity contribution is -0.123. The number of halogens is 1. The maximum atomic E-state index is 12.1. The molecule has 1 saturated heterocycles. The van der Waals surface area contributed by atoms with E-state index in [0.29, 0.717) is 12.6 Å². The lowest BCUT2D eigenvalue weighted by Gasteiger charge is -2.22. The Morgan fingerprint density at radius 2 is 1.84 bits per heavy atom. The third-order valence-electron chi connectivity index (χ3n) is 4.39. The van der Waals surface area contributed by atoms with Crippen LogP contribution < -0.4 is 10.6 Å². The molecule has 1 amide bonds. The Morgan fingerprint density at radius 1 is 1.16 bits per heavy atom. The first-order chi connectivity index (χ1) is 8.83. The number of carbonyl (C=O) groups excluding carboxylic acids is 1. The van der Waals surface area contributed by atoms with Crippen LogP contribution in [0.5, 0.6) is 0 Å². The molecule has 0 aromatic carbocycles. The van der Waals surface area contributed by atoms with Crippen LogP contribution in [0.3, 0.4) is 0 Å². The highest BCUT2D eigenvalue weighted by molar-refractivity contribution is 5.85. The van der Waals surface area contributed by atoms with Crippen molar-refractivity contribution < 1.29 is 4.79 Å². The van der Waals surface area contributed by atoms with Crippen LogP contribution in [-0.2, 0) is 4.79 Å². The largest absolute Gasteiger partial charge is 0.352 e. The molecule has 2 N–H and O–H groups in total. The first-order valence-electron chi connectivity index (χ1n) is 7.55. The fourth-order valence-electron chi connectivity index (χ4n) is 3.03. The number of hydrogen-bond acceptors (Lipinski definition) is 3. The summed E-state index contributed by atoms with van der Waals surface area (Å²) in [5, 5.41) is 6.68. The molecule has 0 bridgehead atoms. The van der Waals surface area contributed by atoms with Gasteiger partial charge in [0.1, 0.15) is 0 Å². The van der Waals surface area contributed by atoms with Crippen molar-refractivity contribution in [1.29, 1.82) is 0 Å². The minimum Gasteiger partial charge on any atom is -0.352 e. The van der Waals surface area contributed by atoms with Crippen LogP contribution in [0.25, 0.3) is 0 Å². The summed E-state index contributed by atoms with van der Waals surface area (Å²) < 4.78 is 0. The van der Waals surface area contributed by atoms with Crippen molar-refractivity contribution in [2.45, 2.75) is 38.1 Å². The van der Waals surface area contributed by atoms with Crippen LogP contribution in [0.4, 0.5) is 0 Å². The standard InChI is InChI=1S/C14H25N3O.ClH/c18-13(10-17-8-1-6-15-7-9-17)16-14(11-2-3-11)12-4-5-12;/h11-12,14-15H,1-10H2,(H,16,18);1H. The highest BCUT2D eigenvalue weighted by atomic mass is 35.5. The Balaban J connectivity index is 0.00000133. The highest BCUT2D eigenvalue weighted by Gasteiger charge is 2.42. The van der Waals surface area contributed by atoms with Gasteiger partial charge in [0.25, 0.3) is 0 Å². The van der Waals surface area contributed by atoms with Crippen LogP contribution in [-0.4, -0.2) is 49.6 Å². The zero-order chi connectivity index (χ0) is 12.4. The third kappa shape index (κ3) is 4.62. The van der Waals surface area contributed by atoms with Crippen LogP contribution in [0.15, 0.2) is 0 Å². The number of amides is 1. The predicted octanol–water partition coefficient (Wildman–Crippen LogP) is 1.01. The summed E-state index contributed by atoms with van der Waals surface area (Å²) in [6, 6.07) is 0.502. The van der Waals surface area contributed by atoms with Gasteiger partial charge < -0.3 is 10.6 Å². The van der Waals surface area contributed by atoms with E-state index in [0.717, 1.165) is 44.4 Å². The lowest BCUT2D eigenvalue weighted by atomic mass is 10.1. The van der Waals surface area contributed by atoms with E-state index in [1.54, 1.807) is 0 Å². The minimum atomic E-state index is 0. The molecule has 19 heavy (non-hydrogen) atoms. The molecule has 5 heteroatoms. The molecular weight excluding hydrogens is 262 g/mol. The molecule has 3 fully saturated rings. The van der Waals surface area contributed by atoms with E-state index in [1.165, 1.54) is 25.7 Å². The summed E-state index contributed by atoms with van der Waals surface area (Å²) in [6.45, 7) is 4.76. The second-order valence-corrected chi connectivity index (χ2v) is 6.15. The van der Waals surface area contributed by atoms with E-state index in [4.69, 9.17) is 0 Å². The van der Waals surface area contributed by atoms with Gasteiger partial charge in [-0.2, -0.15) is 0 Å². The molecule has 0 aromatic rings. The van der Waals surface area contributed by atoms with Crippen LogP contribution in [0.2, 0.25) is 0 Å². The van der Waals surface area contributed by atoms with E-state index in [-0.39, 0.29) is 18.3 Å². The van der Waals surface area contributed by atoms with E-state index in [2.05, 4.69) is 15.5 Å². The highest BCUT2D eigenvalue weighted by Crippen LogP contribution is 2.44. The van der Waals surface area contributed by atoms with Crippen molar-refractivity contribution >= 4 is 18.3 Å². The van der Waals surface area contributed by atoms with Gasteiger partial charge in [-0.1, -0.05) is 0 Å². The fraction of sp³-hybridized carbons (Fsp3) is 0.929. The van der Waals surface area contributed by atoms with Gasteiger partial charge in [0.15, 0.2) is 0 Å². The first-order valence-corrected chi connectivity index (χ1v) is 7.55. The van der Waals surface area contributed by atoms with Crippen molar-refractivity contribution in [2.24, 2.45) is 11.8 Å². The normalized spacial score (nSPS) is 24.7. The summed E-state index contributed by atoms with van der Waals surface area (Å²) in [7, 11) is 0. The van der Waals surface area contributed by atoms with Gasteiger partial charge in [0.2, 0.25) is 5.91 Å². The lowest BCUT2D eigenvalue weighted by Crippen LogP contribution is -2.44. The Labute approximate surface area is 122 Å². The monoisotopic (exact) mass is 287 g/mol. The molecule has 0 atom stereocenters. The number of hydrogen-bond donors (Lipinski definition) is 2. The van der Waals surface area contributed by atoms with Gasteiger partial charge in [0, 0.05) is 19.1 Å². The quantitative estimate of drug-likeness (QED) is 0.793. The second-order valence-electron chi connectivity index (χ2n) is 6.15. The average Bonchev–Trinajstić information content (AvgIpc) is 3.19. The molecule has 0 spiro atoms. The maximum Gasteiger partial charge on any atom is 0.234 e. The molecule has 3 rings (SSSR count). The van der Waals surface area contributed by atoms with Crippen molar-refractivity contribution in [3.63, 3.8) is 0 Å². The van der Waals surface area contributed by atoms with Gasteiger partial charge in [-0.25, -0.2) is 0 Å². The maximum absolute atomic E-state index is 12.1. The van der Waals surface area contributed by atoms with Gasteiger partial charge in [-0.3, -0.25) is 9.69 Å².